The third-order valence-corrected chi connectivity index (χ3v) is 8.87. The number of amidine groups is 2. The van der Waals surface area contributed by atoms with E-state index in [2.05, 4.69) is 10.3 Å². The van der Waals surface area contributed by atoms with E-state index in [0.717, 1.165) is 30.3 Å². The van der Waals surface area contributed by atoms with Crippen LogP contribution in [0.4, 0.5) is 35.1 Å². The normalized spacial score (nSPS) is 12.2. The molecule has 0 unspecified atom stereocenters. The van der Waals surface area contributed by atoms with E-state index in [1.54, 1.807) is 12.1 Å². The summed E-state index contributed by atoms with van der Waals surface area (Å²) in [4.78, 5) is 0. The Hall–Kier alpha value is -7.01. The highest BCUT2D eigenvalue weighted by molar-refractivity contribution is 6.31. The number of hydrogen-bond donors (Lipinski definition) is 6. The van der Waals surface area contributed by atoms with Gasteiger partial charge in [0, 0.05) is 38.9 Å². The molecular formula is C41H29ClF8N4O5. The van der Waals surface area contributed by atoms with Gasteiger partial charge in [0.2, 0.25) is 0 Å². The predicted octanol–water partition coefficient (Wildman–Crippen LogP) is 10.6. The zero-order chi connectivity index (χ0) is 43.4. The standard InChI is InChI=1S/C21H16ClF3N2O3.C20H13F5N2O2/c1-30-18-7-4-13(22)10-16(18)19-15(11-2-5-14(28)6-3-11)8-12(21(23,24)25)9-17(19)20(26)27-29;21-13-5-11(6-14(22)9-13)18-16(10-1-3-15(28)4-2-10)7-12(20(23,24)25)8-17(18)19(26)27-29/h2-10,28-29H,1H3,(H2,26,27);1-9,28-29H,(H2,26,27). The Kier molecular flexibility index (Phi) is 12.6. The van der Waals surface area contributed by atoms with Crippen LogP contribution in [0.3, 0.4) is 0 Å². The minimum Gasteiger partial charge on any atom is -0.508 e. The molecule has 0 radical (unpaired) electrons. The van der Waals surface area contributed by atoms with Crippen LogP contribution in [-0.2, 0) is 12.4 Å². The lowest BCUT2D eigenvalue weighted by Crippen LogP contribution is -2.17. The van der Waals surface area contributed by atoms with Gasteiger partial charge in [-0.15, -0.1) is 0 Å². The average molecular weight is 845 g/mol. The van der Waals surface area contributed by atoms with Gasteiger partial charge < -0.3 is 36.8 Å². The minimum atomic E-state index is -4.78. The maximum atomic E-state index is 13.8. The van der Waals surface area contributed by atoms with E-state index < -0.39 is 46.8 Å². The largest absolute Gasteiger partial charge is 0.508 e. The zero-order valence-electron chi connectivity index (χ0n) is 30.0. The Bertz CT molecular complexity index is 2540. The van der Waals surface area contributed by atoms with Crippen LogP contribution < -0.4 is 16.2 Å². The van der Waals surface area contributed by atoms with E-state index in [1.807, 2.05) is 0 Å². The quantitative estimate of drug-likeness (QED) is 0.0306. The second kappa shape index (κ2) is 17.2. The van der Waals surface area contributed by atoms with Crippen LogP contribution in [-0.4, -0.2) is 39.4 Å². The Labute approximate surface area is 334 Å². The maximum absolute atomic E-state index is 13.8. The smallest absolute Gasteiger partial charge is 0.416 e. The molecule has 0 aliphatic carbocycles. The van der Waals surface area contributed by atoms with Gasteiger partial charge in [-0.05, 0) is 107 Å². The number of alkyl halides is 6. The molecular weight excluding hydrogens is 816 g/mol. The van der Waals surface area contributed by atoms with Crippen molar-refractivity contribution < 1.29 is 60.5 Å². The predicted molar refractivity (Wildman–Crippen MR) is 204 cm³/mol. The molecule has 6 aromatic carbocycles. The highest BCUT2D eigenvalue weighted by atomic mass is 35.5. The van der Waals surface area contributed by atoms with E-state index in [4.69, 9.17) is 33.0 Å². The summed E-state index contributed by atoms with van der Waals surface area (Å²) in [7, 11) is 1.40. The monoisotopic (exact) mass is 844 g/mol. The number of phenolic OH excluding ortho intramolecular Hbond substituents is 2. The lowest BCUT2D eigenvalue weighted by molar-refractivity contribution is -0.138. The van der Waals surface area contributed by atoms with Gasteiger partial charge in [0.15, 0.2) is 11.7 Å². The second-order valence-electron chi connectivity index (χ2n) is 12.5. The minimum absolute atomic E-state index is 0.0516. The van der Waals surface area contributed by atoms with Gasteiger partial charge in [0.05, 0.1) is 18.2 Å². The van der Waals surface area contributed by atoms with Crippen molar-refractivity contribution in [3.8, 4) is 61.8 Å². The van der Waals surface area contributed by atoms with Crippen molar-refractivity contribution in [3.05, 3.63) is 148 Å². The third-order valence-electron chi connectivity index (χ3n) is 8.64. The van der Waals surface area contributed by atoms with Crippen molar-refractivity contribution in [1.82, 2.24) is 0 Å². The lowest BCUT2D eigenvalue weighted by atomic mass is 9.87. The second-order valence-corrected chi connectivity index (χ2v) is 12.9. The number of ether oxygens (including phenoxy) is 1. The summed E-state index contributed by atoms with van der Waals surface area (Å²) < 4.78 is 114. The van der Waals surface area contributed by atoms with E-state index in [9.17, 15) is 50.5 Å². The number of rotatable bonds is 7. The number of benzene rings is 6. The number of nitrogens with zero attached hydrogens (tertiary/aromatic N) is 2. The molecule has 0 bridgehead atoms. The topological polar surface area (TPSA) is 167 Å². The van der Waals surface area contributed by atoms with E-state index in [-0.39, 0.29) is 56.0 Å². The fourth-order valence-corrected chi connectivity index (χ4v) is 6.21. The number of oxime groups is 2. The molecule has 0 heterocycles. The molecule has 9 nitrogen and oxygen atoms in total. The summed E-state index contributed by atoms with van der Waals surface area (Å²) in [5, 5.41) is 43.3. The summed E-state index contributed by atoms with van der Waals surface area (Å²) in [6.07, 6.45) is -9.46. The molecule has 18 heteroatoms. The number of nitrogens with two attached hydrogens (primary N) is 2. The van der Waals surface area contributed by atoms with Gasteiger partial charge in [-0.3, -0.25) is 0 Å². The van der Waals surface area contributed by atoms with Crippen LogP contribution >= 0.6 is 11.6 Å². The summed E-state index contributed by atoms with van der Waals surface area (Å²) in [6, 6.07) is 21.0. The fourth-order valence-electron chi connectivity index (χ4n) is 6.04. The molecule has 306 valence electrons. The van der Waals surface area contributed by atoms with Gasteiger partial charge in [-0.1, -0.05) is 46.2 Å². The summed E-state index contributed by atoms with van der Waals surface area (Å²) >= 11 is 6.13. The Balaban J connectivity index is 0.000000224. The van der Waals surface area contributed by atoms with Crippen LogP contribution in [0, 0.1) is 11.6 Å². The van der Waals surface area contributed by atoms with Gasteiger partial charge >= 0.3 is 12.4 Å². The molecule has 0 saturated carbocycles. The first-order valence-corrected chi connectivity index (χ1v) is 17.0. The molecule has 0 fully saturated rings. The van der Waals surface area contributed by atoms with Crippen molar-refractivity contribution in [2.75, 3.05) is 7.11 Å². The number of hydrogen-bond acceptors (Lipinski definition) is 7. The molecule has 8 N–H and O–H groups in total. The summed E-state index contributed by atoms with van der Waals surface area (Å²) in [6.45, 7) is 0. The highest BCUT2D eigenvalue weighted by Crippen LogP contribution is 2.45. The first-order valence-electron chi connectivity index (χ1n) is 16.6. The molecule has 0 saturated heterocycles. The first kappa shape index (κ1) is 43.1. The third kappa shape index (κ3) is 9.76. The lowest BCUT2D eigenvalue weighted by Gasteiger charge is -2.20. The highest BCUT2D eigenvalue weighted by Gasteiger charge is 2.35. The number of halogens is 9. The van der Waals surface area contributed by atoms with Crippen molar-refractivity contribution in [2.24, 2.45) is 21.8 Å². The molecule has 0 aliphatic rings. The first-order chi connectivity index (χ1) is 27.7. The van der Waals surface area contributed by atoms with Crippen molar-refractivity contribution in [2.45, 2.75) is 12.4 Å². The number of methoxy groups -OCH3 is 1. The maximum Gasteiger partial charge on any atom is 0.416 e. The molecule has 0 amide bonds. The van der Waals surface area contributed by atoms with Crippen molar-refractivity contribution >= 4 is 23.3 Å². The van der Waals surface area contributed by atoms with Gasteiger partial charge in [0.25, 0.3) is 0 Å². The molecule has 59 heavy (non-hydrogen) atoms. The van der Waals surface area contributed by atoms with E-state index >= 15 is 0 Å². The molecule has 0 atom stereocenters. The fraction of sp³-hybridized carbons (Fsp3) is 0.0732. The zero-order valence-corrected chi connectivity index (χ0v) is 30.8. The number of aromatic hydroxyl groups is 2. The van der Waals surface area contributed by atoms with Gasteiger partial charge in [-0.25, -0.2) is 8.78 Å². The molecule has 0 spiro atoms. The summed E-state index contributed by atoms with van der Waals surface area (Å²) in [5.74, 6) is -2.95. The average Bonchev–Trinajstić information content (AvgIpc) is 3.19. The molecule has 0 aliphatic heterocycles. The van der Waals surface area contributed by atoms with Crippen LogP contribution in [0.2, 0.25) is 5.02 Å². The molecule has 0 aromatic heterocycles. The van der Waals surface area contributed by atoms with Crippen LogP contribution in [0.15, 0.2) is 120 Å². The Morgan fingerprint density at radius 3 is 1.39 bits per heavy atom. The van der Waals surface area contributed by atoms with E-state index in [0.29, 0.717) is 34.0 Å². The Morgan fingerprint density at radius 2 is 0.983 bits per heavy atom. The van der Waals surface area contributed by atoms with Crippen molar-refractivity contribution in [3.63, 3.8) is 0 Å². The van der Waals surface area contributed by atoms with Gasteiger partial charge in [-0.2, -0.15) is 26.3 Å². The van der Waals surface area contributed by atoms with Crippen LogP contribution in [0.1, 0.15) is 22.3 Å². The van der Waals surface area contributed by atoms with Crippen LogP contribution in [0.25, 0.3) is 44.5 Å². The van der Waals surface area contributed by atoms with Gasteiger partial charge in [0.1, 0.15) is 28.9 Å². The molecule has 6 rings (SSSR count). The van der Waals surface area contributed by atoms with Crippen molar-refractivity contribution in [1.29, 1.82) is 0 Å². The van der Waals surface area contributed by atoms with E-state index in [1.165, 1.54) is 61.7 Å². The van der Waals surface area contributed by atoms with Crippen LogP contribution in [0.5, 0.6) is 17.2 Å². The number of phenols is 2. The SMILES string of the molecule is COc1ccc(Cl)cc1-c1c(C(N)=NO)cc(C(F)(F)F)cc1-c1ccc(O)cc1.NC(=NO)c1cc(C(F)(F)F)cc(-c2ccc(O)cc2)c1-c1cc(F)cc(F)c1. The summed E-state index contributed by atoms with van der Waals surface area (Å²) in [5.41, 5.74) is 9.76. The Morgan fingerprint density at radius 1 is 0.559 bits per heavy atom. The molecule has 6 aromatic rings.